The first kappa shape index (κ1) is 15.1. The van der Waals surface area contributed by atoms with Crippen molar-refractivity contribution in [1.82, 2.24) is 5.32 Å². The normalized spacial score (nSPS) is 10.6. The largest absolute Gasteiger partial charge is 0.313 e. The van der Waals surface area contributed by atoms with Gasteiger partial charge in [-0.3, -0.25) is 10.1 Å². The molecule has 1 rings (SSSR count). The van der Waals surface area contributed by atoms with E-state index in [1.807, 2.05) is 6.07 Å². The molecule has 0 aliphatic rings. The highest BCUT2D eigenvalue weighted by atomic mass is 79.9. The topological polar surface area (TPSA) is 55.2 Å². The van der Waals surface area contributed by atoms with E-state index < -0.39 is 0 Å². The number of rotatable bonds is 8. The summed E-state index contributed by atoms with van der Waals surface area (Å²) >= 11 is 3.29. The maximum Gasteiger partial charge on any atom is 0.283 e. The molecule has 0 heterocycles. The fraction of sp³-hybridized carbons (Fsp3) is 0.538. The van der Waals surface area contributed by atoms with Crippen molar-refractivity contribution in [2.24, 2.45) is 0 Å². The molecule has 0 unspecified atom stereocenters. The van der Waals surface area contributed by atoms with Crippen LogP contribution in [0.15, 0.2) is 22.7 Å². The smallest absolute Gasteiger partial charge is 0.283 e. The molecule has 5 heteroatoms. The Labute approximate surface area is 116 Å². The van der Waals surface area contributed by atoms with Crippen LogP contribution in [0.25, 0.3) is 0 Å². The SMILES string of the molecule is CCCCCCNCc1cccc([N+](=O)[O-])c1Br. The number of halogens is 1. The van der Waals surface area contributed by atoms with E-state index in [0.29, 0.717) is 11.0 Å². The van der Waals surface area contributed by atoms with Crippen LogP contribution in [0.4, 0.5) is 5.69 Å². The second kappa shape index (κ2) is 8.21. The van der Waals surface area contributed by atoms with E-state index >= 15 is 0 Å². The third-order valence-corrected chi connectivity index (χ3v) is 3.69. The summed E-state index contributed by atoms with van der Waals surface area (Å²) in [5.74, 6) is 0. The summed E-state index contributed by atoms with van der Waals surface area (Å²) in [5.41, 5.74) is 1.06. The first-order valence-electron chi connectivity index (χ1n) is 6.29. The molecule has 1 N–H and O–H groups in total. The fourth-order valence-corrected chi connectivity index (χ4v) is 2.29. The average molecular weight is 315 g/mol. The molecule has 0 aliphatic carbocycles. The Bertz CT molecular complexity index is 397. The standard InChI is InChI=1S/C13H19BrN2O2/c1-2-3-4-5-9-15-10-11-7-6-8-12(13(11)14)16(17)18/h6-8,15H,2-5,9-10H2,1H3. The molecular formula is C13H19BrN2O2. The summed E-state index contributed by atoms with van der Waals surface area (Å²) in [6.45, 7) is 3.80. The minimum Gasteiger partial charge on any atom is -0.313 e. The van der Waals surface area contributed by atoms with Crippen molar-refractivity contribution >= 4 is 21.6 Å². The molecule has 0 radical (unpaired) electrons. The van der Waals surface area contributed by atoms with Crippen LogP contribution < -0.4 is 5.32 Å². The molecular weight excluding hydrogens is 296 g/mol. The van der Waals surface area contributed by atoms with Crippen LogP contribution in [0.2, 0.25) is 0 Å². The van der Waals surface area contributed by atoms with Gasteiger partial charge in [0.2, 0.25) is 0 Å². The van der Waals surface area contributed by atoms with E-state index in [4.69, 9.17) is 0 Å². The van der Waals surface area contributed by atoms with Gasteiger partial charge in [-0.25, -0.2) is 0 Å². The molecule has 0 bridgehead atoms. The lowest BCUT2D eigenvalue weighted by molar-refractivity contribution is -0.385. The van der Waals surface area contributed by atoms with Crippen LogP contribution in [-0.2, 0) is 6.54 Å². The monoisotopic (exact) mass is 314 g/mol. The third kappa shape index (κ3) is 4.74. The van der Waals surface area contributed by atoms with E-state index in [1.165, 1.54) is 25.3 Å². The van der Waals surface area contributed by atoms with Gasteiger partial charge in [0.1, 0.15) is 0 Å². The van der Waals surface area contributed by atoms with Gasteiger partial charge in [-0.05, 0) is 34.5 Å². The molecule has 0 fully saturated rings. The van der Waals surface area contributed by atoms with Crippen molar-refractivity contribution < 1.29 is 4.92 Å². The number of hydrogen-bond donors (Lipinski definition) is 1. The van der Waals surface area contributed by atoms with Crippen LogP contribution in [0, 0.1) is 10.1 Å². The summed E-state index contributed by atoms with van der Waals surface area (Å²) in [6, 6.07) is 5.13. The number of nitro groups is 1. The summed E-state index contributed by atoms with van der Waals surface area (Å²) < 4.78 is 0.580. The highest BCUT2D eigenvalue weighted by molar-refractivity contribution is 9.10. The quantitative estimate of drug-likeness (QED) is 0.448. The van der Waals surface area contributed by atoms with Gasteiger partial charge in [-0.15, -0.1) is 0 Å². The molecule has 0 spiro atoms. The Morgan fingerprint density at radius 2 is 2.11 bits per heavy atom. The van der Waals surface area contributed by atoms with Crippen molar-refractivity contribution in [1.29, 1.82) is 0 Å². The summed E-state index contributed by atoms with van der Waals surface area (Å²) in [4.78, 5) is 10.4. The van der Waals surface area contributed by atoms with Gasteiger partial charge in [0.25, 0.3) is 5.69 Å². The van der Waals surface area contributed by atoms with Gasteiger partial charge >= 0.3 is 0 Å². The summed E-state index contributed by atoms with van der Waals surface area (Å²) in [7, 11) is 0. The highest BCUT2D eigenvalue weighted by Crippen LogP contribution is 2.28. The van der Waals surface area contributed by atoms with Crippen molar-refractivity contribution in [3.05, 3.63) is 38.3 Å². The maximum atomic E-state index is 10.8. The molecule has 18 heavy (non-hydrogen) atoms. The molecule has 0 aromatic heterocycles. The van der Waals surface area contributed by atoms with Crippen LogP contribution >= 0.6 is 15.9 Å². The minimum absolute atomic E-state index is 0.125. The number of benzene rings is 1. The fourth-order valence-electron chi connectivity index (χ4n) is 1.74. The van der Waals surface area contributed by atoms with Gasteiger partial charge in [0.05, 0.1) is 9.40 Å². The predicted molar refractivity (Wildman–Crippen MR) is 76.6 cm³/mol. The van der Waals surface area contributed by atoms with Crippen molar-refractivity contribution in [2.45, 2.75) is 39.2 Å². The Kier molecular flexibility index (Phi) is 6.90. The second-order valence-electron chi connectivity index (χ2n) is 4.24. The molecule has 0 saturated carbocycles. The van der Waals surface area contributed by atoms with E-state index in [2.05, 4.69) is 28.2 Å². The lowest BCUT2D eigenvalue weighted by Crippen LogP contribution is -2.15. The van der Waals surface area contributed by atoms with E-state index in [9.17, 15) is 10.1 Å². The van der Waals surface area contributed by atoms with E-state index in [1.54, 1.807) is 6.07 Å². The first-order valence-corrected chi connectivity index (χ1v) is 7.08. The molecule has 100 valence electrons. The zero-order valence-electron chi connectivity index (χ0n) is 10.6. The minimum atomic E-state index is -0.366. The lowest BCUT2D eigenvalue weighted by Gasteiger charge is -2.07. The molecule has 0 amide bonds. The molecule has 4 nitrogen and oxygen atoms in total. The molecule has 1 aromatic rings. The molecule has 1 aromatic carbocycles. The number of nitrogens with one attached hydrogen (secondary N) is 1. The summed E-state index contributed by atoms with van der Waals surface area (Å²) in [6.07, 6.45) is 4.89. The average Bonchev–Trinajstić information content (AvgIpc) is 2.35. The number of nitro benzene ring substituents is 1. The zero-order chi connectivity index (χ0) is 13.4. The van der Waals surface area contributed by atoms with Gasteiger partial charge in [0.15, 0.2) is 0 Å². The number of nitrogens with zero attached hydrogens (tertiary/aromatic N) is 1. The van der Waals surface area contributed by atoms with Gasteiger partial charge < -0.3 is 5.32 Å². The Balaban J connectivity index is 2.43. The maximum absolute atomic E-state index is 10.8. The van der Waals surface area contributed by atoms with Crippen LogP contribution in [-0.4, -0.2) is 11.5 Å². The van der Waals surface area contributed by atoms with Gasteiger partial charge in [0, 0.05) is 12.6 Å². The van der Waals surface area contributed by atoms with Crippen molar-refractivity contribution in [3.63, 3.8) is 0 Å². The van der Waals surface area contributed by atoms with Crippen LogP contribution in [0.3, 0.4) is 0 Å². The Morgan fingerprint density at radius 1 is 1.33 bits per heavy atom. The Hall–Kier alpha value is -0.940. The predicted octanol–water partition coefficient (Wildman–Crippen LogP) is 4.03. The Morgan fingerprint density at radius 3 is 2.78 bits per heavy atom. The lowest BCUT2D eigenvalue weighted by atomic mass is 10.2. The zero-order valence-corrected chi connectivity index (χ0v) is 12.2. The second-order valence-corrected chi connectivity index (χ2v) is 5.04. The molecule has 0 atom stereocenters. The van der Waals surface area contributed by atoms with Gasteiger partial charge in [-0.2, -0.15) is 0 Å². The summed E-state index contributed by atoms with van der Waals surface area (Å²) in [5, 5.41) is 14.1. The highest BCUT2D eigenvalue weighted by Gasteiger charge is 2.13. The number of unbranched alkanes of at least 4 members (excludes halogenated alkanes) is 3. The molecule has 0 aliphatic heterocycles. The third-order valence-electron chi connectivity index (χ3n) is 2.78. The van der Waals surface area contributed by atoms with Crippen molar-refractivity contribution in [2.75, 3.05) is 6.54 Å². The van der Waals surface area contributed by atoms with Crippen molar-refractivity contribution in [3.8, 4) is 0 Å². The van der Waals surface area contributed by atoms with Crippen LogP contribution in [0.5, 0.6) is 0 Å². The van der Waals surface area contributed by atoms with E-state index in [0.717, 1.165) is 18.5 Å². The van der Waals surface area contributed by atoms with E-state index in [-0.39, 0.29) is 10.6 Å². The van der Waals surface area contributed by atoms with Gasteiger partial charge in [-0.1, -0.05) is 38.3 Å². The first-order chi connectivity index (χ1) is 8.66. The molecule has 0 saturated heterocycles. The van der Waals surface area contributed by atoms with Crippen LogP contribution in [0.1, 0.15) is 38.2 Å². The number of hydrogen-bond acceptors (Lipinski definition) is 3.